The molecule has 0 amide bonds. The van der Waals surface area contributed by atoms with Crippen molar-refractivity contribution in [2.45, 2.75) is 11.8 Å². The standard InChI is InChI=1S/C21H22P.3ClH.Ti/c1-22(2)17-21(20-15-9-10-16-20,18-11-5-3-6-12-18)19-13-7-4-8-14-19;;;;/h3-9,11-15H,10,17H2,1-2H3;3*1H;. The quantitative estimate of drug-likeness (QED) is 0.341. The maximum Gasteiger partial charge on any atom is -0.147 e. The first-order valence-corrected chi connectivity index (χ1v) is 11.2. The van der Waals surface area contributed by atoms with E-state index in [1.54, 1.807) is 0 Å². The second-order valence-corrected chi connectivity index (χ2v) is 9.79. The number of allylic oxidation sites excluding steroid dienone is 4. The smallest absolute Gasteiger partial charge is 0.147 e. The molecular weight excluding hydrogens is 437 g/mol. The SMILES string of the molecule is CP(C)CC(C1=[C]([Ti])CC=C1)(c1ccccc1)c1ccccc1.Cl.Cl.Cl. The molecule has 1 aliphatic carbocycles. The van der Waals surface area contributed by atoms with E-state index in [-0.39, 0.29) is 50.6 Å². The van der Waals surface area contributed by atoms with Crippen molar-refractivity contribution in [1.29, 1.82) is 0 Å². The molecule has 0 fully saturated rings. The molecule has 2 aromatic carbocycles. The van der Waals surface area contributed by atoms with Gasteiger partial charge in [-0.3, -0.25) is 0 Å². The largest absolute Gasteiger partial charge is 0.147 e. The first-order valence-electron chi connectivity index (χ1n) is 8.02. The number of halogens is 3. The van der Waals surface area contributed by atoms with Crippen LogP contribution in [0, 0.1) is 0 Å². The summed E-state index contributed by atoms with van der Waals surface area (Å²) in [6.07, 6.45) is 6.96. The van der Waals surface area contributed by atoms with Crippen LogP contribution in [0.15, 0.2) is 82.3 Å². The molecule has 0 saturated heterocycles. The van der Waals surface area contributed by atoms with Crippen LogP contribution in [-0.2, 0) is 25.9 Å². The zero-order valence-corrected chi connectivity index (χ0v) is 19.9. The average molecular weight is 463 g/mol. The van der Waals surface area contributed by atoms with Gasteiger partial charge in [0.2, 0.25) is 0 Å². The number of rotatable bonds is 5. The van der Waals surface area contributed by atoms with Crippen LogP contribution >= 0.6 is 45.1 Å². The van der Waals surface area contributed by atoms with Crippen LogP contribution in [0.5, 0.6) is 0 Å². The van der Waals surface area contributed by atoms with Crippen LogP contribution in [-0.4, -0.2) is 19.5 Å². The molecule has 0 bridgehead atoms. The molecule has 3 rings (SSSR count). The number of hydrogen-bond acceptors (Lipinski definition) is 0. The van der Waals surface area contributed by atoms with Crippen LogP contribution in [0.2, 0.25) is 0 Å². The molecule has 0 aliphatic heterocycles. The molecule has 5 heteroatoms. The van der Waals surface area contributed by atoms with Crippen LogP contribution < -0.4 is 0 Å². The summed E-state index contributed by atoms with van der Waals surface area (Å²) in [4.78, 5) is 0. The maximum absolute atomic E-state index is 2.39. The Kier molecular flexibility index (Phi) is 11.7. The molecule has 0 nitrogen and oxygen atoms in total. The van der Waals surface area contributed by atoms with Gasteiger partial charge in [0.15, 0.2) is 0 Å². The first kappa shape index (κ1) is 25.9. The Balaban J connectivity index is 0.00000208. The van der Waals surface area contributed by atoms with E-state index in [4.69, 9.17) is 0 Å². The monoisotopic (exact) mass is 461 g/mol. The van der Waals surface area contributed by atoms with E-state index in [0.717, 1.165) is 6.42 Å². The van der Waals surface area contributed by atoms with Gasteiger partial charge in [-0.2, -0.15) is 0 Å². The van der Waals surface area contributed by atoms with Gasteiger partial charge in [0.1, 0.15) is 0 Å². The van der Waals surface area contributed by atoms with Crippen molar-refractivity contribution in [3.8, 4) is 0 Å². The predicted octanol–water partition coefficient (Wildman–Crippen LogP) is 6.74. The Bertz CT molecular complexity index is 688. The predicted molar refractivity (Wildman–Crippen MR) is 120 cm³/mol. The Morgan fingerprint density at radius 3 is 1.65 bits per heavy atom. The van der Waals surface area contributed by atoms with Crippen molar-refractivity contribution in [3.05, 3.63) is 93.4 Å². The fourth-order valence-corrected chi connectivity index (χ4v) is 5.70. The minimum atomic E-state index is -0.0389. The molecule has 0 N–H and O–H groups in total. The summed E-state index contributed by atoms with van der Waals surface area (Å²) in [5.74, 6) is 0. The van der Waals surface area contributed by atoms with E-state index < -0.39 is 0 Å². The molecule has 0 aromatic heterocycles. The summed E-state index contributed by atoms with van der Waals surface area (Å²) in [5, 5.41) is 0. The molecule has 0 heterocycles. The maximum atomic E-state index is 2.39. The van der Waals surface area contributed by atoms with Crippen molar-refractivity contribution >= 4 is 45.1 Å². The van der Waals surface area contributed by atoms with E-state index in [9.17, 15) is 0 Å². The number of hydrogen-bond donors (Lipinski definition) is 0. The van der Waals surface area contributed by atoms with Crippen LogP contribution in [0.4, 0.5) is 0 Å². The van der Waals surface area contributed by atoms with E-state index in [2.05, 4.69) is 107 Å². The van der Waals surface area contributed by atoms with Crippen molar-refractivity contribution in [3.63, 3.8) is 0 Å². The molecule has 0 spiro atoms. The van der Waals surface area contributed by atoms with Gasteiger partial charge < -0.3 is 0 Å². The van der Waals surface area contributed by atoms with Crippen LogP contribution in [0.3, 0.4) is 0 Å². The molecule has 0 unspecified atom stereocenters. The van der Waals surface area contributed by atoms with Gasteiger partial charge in [0.05, 0.1) is 0 Å². The zero-order valence-electron chi connectivity index (χ0n) is 15.0. The zero-order chi connectivity index (χ0) is 16.3. The summed E-state index contributed by atoms with van der Waals surface area (Å²) in [7, 11) is -0.0389. The van der Waals surface area contributed by atoms with Crippen LogP contribution in [0.25, 0.3) is 0 Å². The fraction of sp³-hybridized carbons (Fsp3) is 0.238. The summed E-state index contributed by atoms with van der Waals surface area (Å²) in [6, 6.07) is 22.2. The molecule has 2 aromatic rings. The van der Waals surface area contributed by atoms with E-state index in [0.29, 0.717) is 0 Å². The second-order valence-electron chi connectivity index (χ2n) is 6.37. The third-order valence-corrected chi connectivity index (χ3v) is 6.32. The molecule has 1 aliphatic rings. The minimum Gasteiger partial charge on any atom is -0.147 e. The fourth-order valence-electron chi connectivity index (χ4n) is 3.57. The second kappa shape index (κ2) is 11.7. The van der Waals surface area contributed by atoms with Gasteiger partial charge >= 0.3 is 153 Å². The van der Waals surface area contributed by atoms with E-state index in [1.807, 2.05) is 0 Å². The van der Waals surface area contributed by atoms with Gasteiger partial charge in [-0.15, -0.1) is 37.2 Å². The topological polar surface area (TPSA) is 0 Å². The van der Waals surface area contributed by atoms with Crippen molar-refractivity contribution < 1.29 is 20.4 Å². The molecule has 0 radical (unpaired) electrons. The number of benzene rings is 2. The Morgan fingerprint density at radius 1 is 0.846 bits per heavy atom. The summed E-state index contributed by atoms with van der Waals surface area (Å²) in [6.45, 7) is 4.79. The Labute approximate surface area is 189 Å². The summed E-state index contributed by atoms with van der Waals surface area (Å²) < 4.78 is 1.51. The molecule has 0 atom stereocenters. The van der Waals surface area contributed by atoms with Gasteiger partial charge in [-0.25, -0.2) is 0 Å². The van der Waals surface area contributed by atoms with Crippen molar-refractivity contribution in [2.75, 3.05) is 19.5 Å². The Hall–Kier alpha value is -0.0657. The third kappa shape index (κ3) is 5.26. The van der Waals surface area contributed by atoms with Crippen LogP contribution in [0.1, 0.15) is 17.5 Å². The van der Waals surface area contributed by atoms with Gasteiger partial charge in [0, 0.05) is 0 Å². The van der Waals surface area contributed by atoms with E-state index >= 15 is 0 Å². The average Bonchev–Trinajstić information content (AvgIpc) is 3.00. The third-order valence-electron chi connectivity index (χ3n) is 4.48. The Morgan fingerprint density at radius 2 is 1.31 bits per heavy atom. The van der Waals surface area contributed by atoms with Gasteiger partial charge in [0.25, 0.3) is 0 Å². The van der Waals surface area contributed by atoms with Gasteiger partial charge in [-0.05, 0) is 0 Å². The minimum absolute atomic E-state index is 0. The van der Waals surface area contributed by atoms with Gasteiger partial charge in [-0.1, -0.05) is 0 Å². The molecular formula is C21H25Cl3PTi. The van der Waals surface area contributed by atoms with E-state index in [1.165, 1.54) is 26.7 Å². The summed E-state index contributed by atoms with van der Waals surface area (Å²) in [5.41, 5.74) is 4.33. The molecule has 139 valence electrons. The summed E-state index contributed by atoms with van der Waals surface area (Å²) >= 11 is 2.30. The molecule has 26 heavy (non-hydrogen) atoms. The first-order chi connectivity index (χ1) is 11.1. The van der Waals surface area contributed by atoms with Crippen molar-refractivity contribution in [2.24, 2.45) is 0 Å². The molecule has 0 saturated carbocycles. The normalized spacial score (nSPS) is 13.0. The van der Waals surface area contributed by atoms with Crippen molar-refractivity contribution in [1.82, 2.24) is 0 Å².